The maximum atomic E-state index is 9.98. The van der Waals surface area contributed by atoms with Crippen molar-refractivity contribution >= 4 is 7.92 Å². The van der Waals surface area contributed by atoms with Crippen molar-refractivity contribution in [2.45, 2.75) is 20.8 Å². The first kappa shape index (κ1) is 17.0. The average Bonchev–Trinajstić information content (AvgIpc) is 2.24. The van der Waals surface area contributed by atoms with Crippen LogP contribution in [0.1, 0.15) is 17.1 Å². The van der Waals surface area contributed by atoms with Gasteiger partial charge in [-0.15, -0.1) is 0 Å². The van der Waals surface area contributed by atoms with Gasteiger partial charge in [0.05, 0.1) is 17.1 Å². The third kappa shape index (κ3) is 7.36. The van der Waals surface area contributed by atoms with Crippen LogP contribution >= 0.6 is 7.92 Å². The number of rotatable bonds is 2. The zero-order valence-electron chi connectivity index (χ0n) is 11.6. The molecule has 1 heterocycles. The van der Waals surface area contributed by atoms with Crippen molar-refractivity contribution in [1.82, 2.24) is 9.97 Å². The Morgan fingerprint density at radius 3 is 2.33 bits per heavy atom. The fourth-order valence-corrected chi connectivity index (χ4v) is 1.39. The number of nitrogens with zero attached hydrogens (tertiary/aromatic N) is 3. The topological polar surface area (TPSA) is 63.1 Å². The van der Waals surface area contributed by atoms with Gasteiger partial charge in [-0.3, -0.25) is 9.97 Å². The van der Waals surface area contributed by atoms with Crippen LogP contribution in [0.2, 0.25) is 0 Å². The van der Waals surface area contributed by atoms with Crippen LogP contribution in [0.15, 0.2) is 6.20 Å². The number of likely N-dealkylation sites (N-methyl/N-ethyl adjacent to an activating group) is 1. The summed E-state index contributed by atoms with van der Waals surface area (Å²) in [5.41, 5.74) is 3.02. The normalized spacial score (nSPS) is 10.1. The molecule has 18 heavy (non-hydrogen) atoms. The molecule has 0 aromatic carbocycles. The van der Waals surface area contributed by atoms with E-state index in [0.717, 1.165) is 17.1 Å². The summed E-state index contributed by atoms with van der Waals surface area (Å²) in [6, 6.07) is 0. The summed E-state index contributed by atoms with van der Waals surface area (Å²) in [5, 5.41) is 8.47. The van der Waals surface area contributed by atoms with Crippen molar-refractivity contribution in [1.29, 1.82) is 0 Å². The van der Waals surface area contributed by atoms with Gasteiger partial charge in [0, 0.05) is 6.20 Å². The summed E-state index contributed by atoms with van der Waals surface area (Å²) in [7, 11) is 3.54. The molecule has 1 aromatic heterocycles. The second kappa shape index (κ2) is 8.17. The summed E-state index contributed by atoms with van der Waals surface area (Å²) >= 11 is 0. The Kier molecular flexibility index (Phi) is 7.72. The van der Waals surface area contributed by atoms with Gasteiger partial charge in [-0.25, -0.2) is 0 Å². The molecule has 0 amide bonds. The van der Waals surface area contributed by atoms with E-state index in [1.54, 1.807) is 6.20 Å². The standard InChI is InChI=1S/C7H10N2.C5H11NO2P/c1-5-4-8-6(2)7(3)9-5;1-6(2,3-4-7)5-9-8/h4H,1-3H3;7H,3-4H2,1-2H3/q;+1. The summed E-state index contributed by atoms with van der Waals surface area (Å²) in [6.45, 7) is 6.52. The van der Waals surface area contributed by atoms with Crippen molar-refractivity contribution in [3.8, 4) is 5.75 Å². The molecule has 0 unspecified atom stereocenters. The number of hydrogen-bond donors (Lipinski definition) is 1. The quantitative estimate of drug-likeness (QED) is 0.656. The van der Waals surface area contributed by atoms with E-state index in [9.17, 15) is 4.57 Å². The Labute approximate surface area is 110 Å². The van der Waals surface area contributed by atoms with Crippen LogP contribution < -0.4 is 0 Å². The molecule has 0 saturated carbocycles. The molecular formula is C12H21N3O2P+. The Hall–Kier alpha value is -0.990. The second-order valence-electron chi connectivity index (χ2n) is 4.51. The Bertz CT molecular complexity index is 483. The first-order valence-electron chi connectivity index (χ1n) is 5.62. The third-order valence-corrected chi connectivity index (χ3v) is 2.91. The predicted octanol–water partition coefficient (Wildman–Crippen LogP) is 1.67. The fraction of sp³-hybridized carbons (Fsp3) is 0.583. The molecule has 0 aliphatic rings. The molecule has 5 nitrogen and oxygen atoms in total. The average molecular weight is 270 g/mol. The van der Waals surface area contributed by atoms with Crippen molar-refractivity contribution in [3.63, 3.8) is 0 Å². The first-order valence-corrected chi connectivity index (χ1v) is 6.44. The SMILES string of the molecule is C[N+](C)(C#P=O)CCO.Cc1cnc(C)c(C)n1. The van der Waals surface area contributed by atoms with Crippen molar-refractivity contribution in [3.05, 3.63) is 23.3 Å². The molecule has 0 fully saturated rings. The van der Waals surface area contributed by atoms with E-state index in [1.165, 1.54) is 0 Å². The van der Waals surface area contributed by atoms with Gasteiger partial charge in [0.15, 0.2) is 0 Å². The van der Waals surface area contributed by atoms with Crippen LogP contribution in [0, 0.1) is 26.5 Å². The van der Waals surface area contributed by atoms with E-state index < -0.39 is 0 Å². The molecule has 1 N–H and O–H groups in total. The number of hydrogen-bond acceptors (Lipinski definition) is 4. The summed E-state index contributed by atoms with van der Waals surface area (Å²) in [4.78, 5) is 8.33. The van der Waals surface area contributed by atoms with Gasteiger partial charge in [0.1, 0.15) is 0 Å². The van der Waals surface area contributed by atoms with Crippen molar-refractivity contribution in [2.24, 2.45) is 0 Å². The van der Waals surface area contributed by atoms with E-state index in [1.807, 2.05) is 34.9 Å². The van der Waals surface area contributed by atoms with E-state index >= 15 is 0 Å². The zero-order chi connectivity index (χ0) is 14.2. The van der Waals surface area contributed by atoms with Gasteiger partial charge in [0.2, 0.25) is 0 Å². The van der Waals surface area contributed by atoms with Crippen molar-refractivity contribution < 1.29 is 14.2 Å². The molecule has 0 atom stereocenters. The van der Waals surface area contributed by atoms with Crippen LogP contribution in [0.4, 0.5) is 0 Å². The van der Waals surface area contributed by atoms with Gasteiger partial charge in [-0.05, 0) is 20.8 Å². The number of aliphatic hydroxyl groups excluding tert-OH is 1. The molecule has 6 heteroatoms. The minimum atomic E-state index is -0.105. The smallest absolute Gasteiger partial charge is 0.0588 e. The van der Waals surface area contributed by atoms with E-state index in [2.05, 4.69) is 15.7 Å². The molecule has 1 rings (SSSR count). The van der Waals surface area contributed by atoms with Gasteiger partial charge in [-0.1, -0.05) is 0 Å². The predicted molar refractivity (Wildman–Crippen MR) is 71.8 cm³/mol. The summed E-state index contributed by atoms with van der Waals surface area (Å²) < 4.78 is 10.3. The number of aliphatic hydroxyl groups is 1. The van der Waals surface area contributed by atoms with Gasteiger partial charge >= 0.3 is 55.1 Å². The van der Waals surface area contributed by atoms with E-state index in [4.69, 9.17) is 5.11 Å². The third-order valence-electron chi connectivity index (χ3n) is 2.28. The van der Waals surface area contributed by atoms with E-state index in [0.29, 0.717) is 11.0 Å². The maximum absolute atomic E-state index is 9.98. The minimum Gasteiger partial charge on any atom is -0.258 e. The van der Waals surface area contributed by atoms with Crippen LogP contribution in [0.5, 0.6) is 0 Å². The molecular weight excluding hydrogens is 249 g/mol. The molecule has 100 valence electrons. The minimum absolute atomic E-state index is 0.0928. The van der Waals surface area contributed by atoms with Crippen LogP contribution in [-0.2, 0) is 4.57 Å². The van der Waals surface area contributed by atoms with Crippen LogP contribution in [0.25, 0.3) is 0 Å². The van der Waals surface area contributed by atoms with Gasteiger partial charge in [-0.2, -0.15) is 0 Å². The number of quaternary nitrogens is 1. The molecule has 0 saturated heterocycles. The molecule has 0 aliphatic heterocycles. The number of aryl methyl sites for hydroxylation is 3. The van der Waals surface area contributed by atoms with Gasteiger partial charge in [0.25, 0.3) is 0 Å². The first-order chi connectivity index (χ1) is 8.32. The molecule has 0 spiro atoms. The molecule has 0 aliphatic carbocycles. The van der Waals surface area contributed by atoms with Gasteiger partial charge < -0.3 is 0 Å². The molecule has 0 radical (unpaired) electrons. The van der Waals surface area contributed by atoms with Crippen LogP contribution in [0.3, 0.4) is 0 Å². The fourth-order valence-electron chi connectivity index (χ4n) is 1.07. The van der Waals surface area contributed by atoms with Crippen molar-refractivity contribution in [2.75, 3.05) is 27.2 Å². The largest absolute Gasteiger partial charge is 0.258 e. The number of aromatic nitrogens is 2. The Morgan fingerprint density at radius 1 is 1.33 bits per heavy atom. The zero-order valence-corrected chi connectivity index (χ0v) is 12.5. The monoisotopic (exact) mass is 270 g/mol. The second-order valence-corrected chi connectivity index (χ2v) is 4.89. The Morgan fingerprint density at radius 2 is 1.94 bits per heavy atom. The maximum Gasteiger partial charge on any atom is 0.0588 e. The van der Waals surface area contributed by atoms with E-state index in [-0.39, 0.29) is 14.5 Å². The summed E-state index contributed by atoms with van der Waals surface area (Å²) in [6.07, 6.45) is 1.78. The molecule has 1 aromatic rings. The Balaban J connectivity index is 0.000000321. The van der Waals surface area contributed by atoms with Crippen LogP contribution in [-0.4, -0.2) is 46.8 Å². The summed E-state index contributed by atoms with van der Waals surface area (Å²) in [5.74, 6) is 2.62. The molecule has 0 bridgehead atoms.